The molecule has 0 aliphatic heterocycles. The minimum Gasteiger partial charge on any atom is -0.481 e. The van der Waals surface area contributed by atoms with Crippen molar-refractivity contribution in [2.45, 2.75) is 38.1 Å². The monoisotopic (exact) mass is 320 g/mol. The number of nitrogens with one attached hydrogen (secondary N) is 2. The average molecular weight is 320 g/mol. The van der Waals surface area contributed by atoms with E-state index in [9.17, 15) is 9.59 Å². The number of unbranched alkanes of at least 4 members (excludes halogenated alkanes) is 1. The molecule has 7 nitrogen and oxygen atoms in total. The molecule has 1 amide bonds. The maximum Gasteiger partial charge on any atom is 0.303 e. The summed E-state index contributed by atoms with van der Waals surface area (Å²) in [6.07, 6.45) is 2.63. The van der Waals surface area contributed by atoms with Crippen molar-refractivity contribution in [1.29, 1.82) is 5.41 Å². The van der Waals surface area contributed by atoms with E-state index in [0.717, 1.165) is 24.8 Å². The molecular weight excluding hydrogens is 296 g/mol. The number of carbonyl (C=O) groups excluding carboxylic acids is 1. The number of carboxylic acids is 1. The molecule has 7 heteroatoms. The Hall–Kier alpha value is -2.41. The molecule has 1 unspecified atom stereocenters. The maximum absolute atomic E-state index is 11.6. The molecule has 0 radical (unpaired) electrons. The largest absolute Gasteiger partial charge is 0.481 e. The van der Waals surface area contributed by atoms with Crippen molar-refractivity contribution in [2.24, 2.45) is 11.5 Å². The number of hydrogen-bond acceptors (Lipinski definition) is 4. The zero-order chi connectivity index (χ0) is 17.2. The third-order valence-corrected chi connectivity index (χ3v) is 3.46. The third kappa shape index (κ3) is 7.42. The summed E-state index contributed by atoms with van der Waals surface area (Å²) in [5.41, 5.74) is 12.9. The Morgan fingerprint density at radius 3 is 2.43 bits per heavy atom. The van der Waals surface area contributed by atoms with E-state index in [2.05, 4.69) is 5.32 Å². The van der Waals surface area contributed by atoms with Gasteiger partial charge in [0.2, 0.25) is 5.91 Å². The summed E-state index contributed by atoms with van der Waals surface area (Å²) in [7, 11) is 0. The van der Waals surface area contributed by atoms with Crippen LogP contribution >= 0.6 is 0 Å². The van der Waals surface area contributed by atoms with Gasteiger partial charge in [0.15, 0.2) is 0 Å². The van der Waals surface area contributed by atoms with E-state index < -0.39 is 12.0 Å². The predicted molar refractivity (Wildman–Crippen MR) is 88.3 cm³/mol. The van der Waals surface area contributed by atoms with Gasteiger partial charge in [-0.3, -0.25) is 15.0 Å². The number of benzene rings is 1. The summed E-state index contributed by atoms with van der Waals surface area (Å²) in [5, 5.41) is 18.6. The van der Waals surface area contributed by atoms with E-state index in [0.29, 0.717) is 12.1 Å². The quantitative estimate of drug-likeness (QED) is 0.244. The predicted octanol–water partition coefficient (Wildman–Crippen LogP) is 0.602. The van der Waals surface area contributed by atoms with Crippen LogP contribution in [0.15, 0.2) is 24.3 Å². The van der Waals surface area contributed by atoms with Crippen LogP contribution in [0.2, 0.25) is 0 Å². The Bertz CT molecular complexity index is 543. The number of nitrogen functional groups attached to an aromatic ring is 1. The number of rotatable bonds is 10. The zero-order valence-corrected chi connectivity index (χ0v) is 13.0. The lowest BCUT2D eigenvalue weighted by molar-refractivity contribution is -0.137. The summed E-state index contributed by atoms with van der Waals surface area (Å²) >= 11 is 0. The van der Waals surface area contributed by atoms with Crippen molar-refractivity contribution in [3.63, 3.8) is 0 Å². The molecule has 0 saturated carbocycles. The second kappa shape index (κ2) is 9.58. The van der Waals surface area contributed by atoms with Gasteiger partial charge in [-0.1, -0.05) is 24.3 Å². The lowest BCUT2D eigenvalue weighted by Crippen LogP contribution is -2.41. The van der Waals surface area contributed by atoms with Crippen molar-refractivity contribution >= 4 is 17.7 Å². The number of hydrogen-bond donors (Lipinski definition) is 5. The standard InChI is InChI=1S/C16H24N4O3/c17-13(8-9-14(21)22)16(23)20-10-2-1-3-11-4-6-12(7-5-11)15(18)19/h4-7,13H,1-3,8-10,17H2,(H3,18,19)(H,20,23)(H,21,22). The molecule has 1 atom stereocenters. The summed E-state index contributed by atoms with van der Waals surface area (Å²) in [5.74, 6) is -1.21. The molecule has 1 rings (SSSR count). The lowest BCUT2D eigenvalue weighted by atomic mass is 10.1. The Morgan fingerprint density at radius 1 is 1.22 bits per heavy atom. The second-order valence-electron chi connectivity index (χ2n) is 5.40. The Morgan fingerprint density at radius 2 is 1.87 bits per heavy atom. The zero-order valence-electron chi connectivity index (χ0n) is 13.0. The van der Waals surface area contributed by atoms with Crippen LogP contribution in [0.1, 0.15) is 36.8 Å². The molecular formula is C16H24N4O3. The van der Waals surface area contributed by atoms with Crippen LogP contribution in [0, 0.1) is 5.41 Å². The van der Waals surface area contributed by atoms with Crippen LogP contribution < -0.4 is 16.8 Å². The van der Waals surface area contributed by atoms with Gasteiger partial charge in [0.25, 0.3) is 0 Å². The number of carboxylic acid groups (broad SMARTS) is 1. The van der Waals surface area contributed by atoms with Gasteiger partial charge in [0.05, 0.1) is 6.04 Å². The fraction of sp³-hybridized carbons (Fsp3) is 0.438. The molecule has 7 N–H and O–H groups in total. The molecule has 1 aromatic rings. The Labute approximate surface area is 135 Å². The van der Waals surface area contributed by atoms with E-state index in [4.69, 9.17) is 22.0 Å². The molecule has 0 spiro atoms. The molecule has 1 aromatic carbocycles. The van der Waals surface area contributed by atoms with Gasteiger partial charge < -0.3 is 21.9 Å². The first kappa shape index (κ1) is 18.6. The normalized spacial score (nSPS) is 11.7. The highest BCUT2D eigenvalue weighted by Crippen LogP contribution is 2.07. The average Bonchev–Trinajstić information content (AvgIpc) is 2.52. The Kier molecular flexibility index (Phi) is 7.76. The maximum atomic E-state index is 11.6. The molecule has 0 aliphatic carbocycles. The molecule has 0 fully saturated rings. The van der Waals surface area contributed by atoms with Crippen molar-refractivity contribution < 1.29 is 14.7 Å². The van der Waals surface area contributed by atoms with Crippen molar-refractivity contribution in [3.05, 3.63) is 35.4 Å². The van der Waals surface area contributed by atoms with Crippen LogP contribution in [-0.2, 0) is 16.0 Å². The lowest BCUT2D eigenvalue weighted by Gasteiger charge is -2.11. The van der Waals surface area contributed by atoms with Crippen molar-refractivity contribution in [2.75, 3.05) is 6.54 Å². The van der Waals surface area contributed by atoms with E-state index >= 15 is 0 Å². The Balaban J connectivity index is 2.18. The first-order chi connectivity index (χ1) is 10.9. The van der Waals surface area contributed by atoms with Crippen molar-refractivity contribution in [1.82, 2.24) is 5.32 Å². The van der Waals surface area contributed by atoms with Gasteiger partial charge >= 0.3 is 5.97 Å². The van der Waals surface area contributed by atoms with Crippen LogP contribution in [0.3, 0.4) is 0 Å². The fourth-order valence-corrected chi connectivity index (χ4v) is 2.06. The van der Waals surface area contributed by atoms with Gasteiger partial charge in [0, 0.05) is 18.5 Å². The number of aryl methyl sites for hydroxylation is 1. The first-order valence-corrected chi connectivity index (χ1v) is 7.58. The van der Waals surface area contributed by atoms with Gasteiger partial charge in [-0.05, 0) is 31.2 Å². The molecule has 126 valence electrons. The van der Waals surface area contributed by atoms with Crippen LogP contribution in [0.4, 0.5) is 0 Å². The van der Waals surface area contributed by atoms with Gasteiger partial charge in [0.1, 0.15) is 5.84 Å². The number of amides is 1. The number of aliphatic carboxylic acids is 1. The van der Waals surface area contributed by atoms with E-state index in [-0.39, 0.29) is 24.6 Å². The van der Waals surface area contributed by atoms with Crippen LogP contribution in [0.25, 0.3) is 0 Å². The number of amidine groups is 1. The minimum absolute atomic E-state index is 0.0542. The molecule has 0 saturated heterocycles. The fourth-order valence-electron chi connectivity index (χ4n) is 2.06. The molecule has 0 aromatic heterocycles. The summed E-state index contributed by atoms with van der Waals surface area (Å²) in [6.45, 7) is 0.519. The highest BCUT2D eigenvalue weighted by Gasteiger charge is 2.13. The summed E-state index contributed by atoms with van der Waals surface area (Å²) in [4.78, 5) is 22.0. The van der Waals surface area contributed by atoms with Crippen molar-refractivity contribution in [3.8, 4) is 0 Å². The SMILES string of the molecule is N=C(N)c1ccc(CCCCNC(=O)C(N)CCC(=O)O)cc1. The first-order valence-electron chi connectivity index (χ1n) is 7.58. The van der Waals surface area contributed by atoms with E-state index in [1.54, 1.807) is 0 Å². The molecule has 0 bridgehead atoms. The van der Waals surface area contributed by atoms with Crippen LogP contribution in [-0.4, -0.2) is 35.4 Å². The molecule has 0 heterocycles. The minimum atomic E-state index is -0.955. The summed E-state index contributed by atoms with van der Waals surface area (Å²) in [6, 6.07) is 6.75. The van der Waals surface area contributed by atoms with Gasteiger partial charge in [-0.15, -0.1) is 0 Å². The van der Waals surface area contributed by atoms with Crippen LogP contribution in [0.5, 0.6) is 0 Å². The molecule has 23 heavy (non-hydrogen) atoms. The highest BCUT2D eigenvalue weighted by molar-refractivity contribution is 5.94. The smallest absolute Gasteiger partial charge is 0.303 e. The van der Waals surface area contributed by atoms with E-state index in [1.165, 1.54) is 0 Å². The molecule has 0 aliphatic rings. The second-order valence-corrected chi connectivity index (χ2v) is 5.40. The summed E-state index contributed by atoms with van der Waals surface area (Å²) < 4.78 is 0. The number of carbonyl (C=O) groups is 2. The number of nitrogens with two attached hydrogens (primary N) is 2. The van der Waals surface area contributed by atoms with Gasteiger partial charge in [-0.2, -0.15) is 0 Å². The third-order valence-electron chi connectivity index (χ3n) is 3.46. The van der Waals surface area contributed by atoms with Gasteiger partial charge in [-0.25, -0.2) is 0 Å². The highest BCUT2D eigenvalue weighted by atomic mass is 16.4. The topological polar surface area (TPSA) is 142 Å². The van der Waals surface area contributed by atoms with E-state index in [1.807, 2.05) is 24.3 Å².